The summed E-state index contributed by atoms with van der Waals surface area (Å²) in [7, 11) is 0. The number of aromatic nitrogens is 1. The fourth-order valence-corrected chi connectivity index (χ4v) is 1.76. The number of aryl methyl sites for hydroxylation is 1. The van der Waals surface area contributed by atoms with Crippen LogP contribution in [0.1, 0.15) is 16.1 Å². The van der Waals surface area contributed by atoms with E-state index >= 15 is 0 Å². The zero-order valence-electron chi connectivity index (χ0n) is 7.62. The number of benzene rings is 1. The van der Waals surface area contributed by atoms with Crippen molar-refractivity contribution < 1.29 is 4.79 Å². The van der Waals surface area contributed by atoms with Gasteiger partial charge in [-0.3, -0.25) is 9.78 Å². The van der Waals surface area contributed by atoms with Crippen LogP contribution in [0.25, 0.3) is 10.9 Å². The first-order valence-electron chi connectivity index (χ1n) is 4.23. The third-order valence-electron chi connectivity index (χ3n) is 2.13. The Morgan fingerprint density at radius 2 is 2.14 bits per heavy atom. The van der Waals surface area contributed by atoms with E-state index in [0.717, 1.165) is 27.4 Å². The van der Waals surface area contributed by atoms with Crippen molar-refractivity contribution in [3.8, 4) is 0 Å². The summed E-state index contributed by atoms with van der Waals surface area (Å²) in [5.74, 6) is 0. The van der Waals surface area contributed by atoms with Crippen molar-refractivity contribution in [1.82, 2.24) is 4.98 Å². The Labute approximate surface area is 90.1 Å². The molecule has 14 heavy (non-hydrogen) atoms. The van der Waals surface area contributed by atoms with Crippen molar-refractivity contribution in [2.75, 3.05) is 0 Å². The highest BCUT2D eigenvalue weighted by molar-refractivity contribution is 9.10. The van der Waals surface area contributed by atoms with E-state index in [9.17, 15) is 4.79 Å². The molecular weight excluding hydrogens is 242 g/mol. The van der Waals surface area contributed by atoms with Crippen molar-refractivity contribution in [2.45, 2.75) is 6.92 Å². The van der Waals surface area contributed by atoms with Gasteiger partial charge in [-0.2, -0.15) is 0 Å². The second-order valence-electron chi connectivity index (χ2n) is 3.12. The van der Waals surface area contributed by atoms with Crippen LogP contribution in [0.4, 0.5) is 0 Å². The summed E-state index contributed by atoms with van der Waals surface area (Å²) in [6.07, 6.45) is 0.836. The Morgan fingerprint density at radius 1 is 1.36 bits per heavy atom. The molecule has 0 N–H and O–H groups in total. The topological polar surface area (TPSA) is 30.0 Å². The Hall–Kier alpha value is -1.22. The van der Waals surface area contributed by atoms with Crippen LogP contribution in [-0.2, 0) is 0 Å². The van der Waals surface area contributed by atoms with Crippen LogP contribution in [0.3, 0.4) is 0 Å². The van der Waals surface area contributed by atoms with Crippen LogP contribution in [-0.4, -0.2) is 11.3 Å². The summed E-state index contributed by atoms with van der Waals surface area (Å²) in [5.41, 5.74) is 2.33. The molecule has 0 saturated heterocycles. The number of carbonyl (C=O) groups is 1. The van der Waals surface area contributed by atoms with Crippen molar-refractivity contribution in [1.29, 1.82) is 0 Å². The van der Waals surface area contributed by atoms with Crippen molar-refractivity contribution in [3.05, 3.63) is 40.0 Å². The van der Waals surface area contributed by atoms with E-state index in [4.69, 9.17) is 0 Å². The van der Waals surface area contributed by atoms with Crippen LogP contribution in [0.15, 0.2) is 28.7 Å². The molecule has 0 bridgehead atoms. The Morgan fingerprint density at radius 3 is 2.86 bits per heavy atom. The second kappa shape index (κ2) is 3.50. The molecule has 70 valence electrons. The Balaban J connectivity index is 2.79. The first-order chi connectivity index (χ1) is 6.70. The van der Waals surface area contributed by atoms with E-state index in [1.807, 2.05) is 31.2 Å². The molecule has 0 radical (unpaired) electrons. The third-order valence-corrected chi connectivity index (χ3v) is 2.63. The predicted octanol–water partition coefficient (Wildman–Crippen LogP) is 3.12. The summed E-state index contributed by atoms with van der Waals surface area (Å²) in [4.78, 5) is 15.0. The molecule has 0 fully saturated rings. The first-order valence-corrected chi connectivity index (χ1v) is 5.02. The third kappa shape index (κ3) is 1.55. The molecule has 0 aliphatic rings. The SMILES string of the molecule is Cc1nc2ccc(Br)cc2cc1C=O. The van der Waals surface area contributed by atoms with Gasteiger partial charge in [0.2, 0.25) is 0 Å². The summed E-state index contributed by atoms with van der Waals surface area (Å²) >= 11 is 3.38. The molecule has 2 rings (SSSR count). The van der Waals surface area contributed by atoms with Gasteiger partial charge in [-0.15, -0.1) is 0 Å². The Bertz CT molecular complexity index is 508. The molecule has 3 heteroatoms. The number of nitrogens with zero attached hydrogens (tertiary/aromatic N) is 1. The number of carbonyl (C=O) groups excluding carboxylic acids is 1. The highest BCUT2D eigenvalue weighted by Gasteiger charge is 2.02. The summed E-state index contributed by atoms with van der Waals surface area (Å²) in [6, 6.07) is 7.68. The molecule has 1 aromatic heterocycles. The summed E-state index contributed by atoms with van der Waals surface area (Å²) in [5, 5.41) is 0.979. The summed E-state index contributed by atoms with van der Waals surface area (Å²) < 4.78 is 0.993. The minimum atomic E-state index is 0.649. The number of halogens is 1. The molecule has 0 saturated carbocycles. The van der Waals surface area contributed by atoms with Crippen molar-refractivity contribution >= 4 is 33.1 Å². The second-order valence-corrected chi connectivity index (χ2v) is 4.03. The average molecular weight is 250 g/mol. The van der Waals surface area contributed by atoms with E-state index in [1.165, 1.54) is 0 Å². The minimum absolute atomic E-state index is 0.649. The number of aldehydes is 1. The molecule has 0 amide bonds. The lowest BCUT2D eigenvalue weighted by molar-refractivity contribution is 0.112. The van der Waals surface area contributed by atoms with Gasteiger partial charge in [-0.25, -0.2) is 0 Å². The fraction of sp³-hybridized carbons (Fsp3) is 0.0909. The van der Waals surface area contributed by atoms with Crippen LogP contribution >= 0.6 is 15.9 Å². The maximum absolute atomic E-state index is 10.7. The van der Waals surface area contributed by atoms with E-state index in [0.29, 0.717) is 5.56 Å². The van der Waals surface area contributed by atoms with Gasteiger partial charge in [0.05, 0.1) is 5.52 Å². The lowest BCUT2D eigenvalue weighted by Gasteiger charge is -2.02. The first kappa shape index (κ1) is 9.34. The monoisotopic (exact) mass is 249 g/mol. The molecule has 0 aliphatic heterocycles. The fourth-order valence-electron chi connectivity index (χ4n) is 1.38. The molecule has 0 aliphatic carbocycles. The average Bonchev–Trinajstić information content (AvgIpc) is 2.17. The molecule has 2 nitrogen and oxygen atoms in total. The lowest BCUT2D eigenvalue weighted by atomic mass is 10.1. The van der Waals surface area contributed by atoms with Gasteiger partial charge in [0.25, 0.3) is 0 Å². The Kier molecular flexibility index (Phi) is 2.33. The van der Waals surface area contributed by atoms with Gasteiger partial charge in [0.1, 0.15) is 0 Å². The number of hydrogen-bond donors (Lipinski definition) is 0. The van der Waals surface area contributed by atoms with Gasteiger partial charge in [-0.05, 0) is 31.2 Å². The van der Waals surface area contributed by atoms with Gasteiger partial charge in [0, 0.05) is 21.1 Å². The van der Waals surface area contributed by atoms with E-state index < -0.39 is 0 Å². The number of pyridine rings is 1. The zero-order valence-corrected chi connectivity index (χ0v) is 9.21. The van der Waals surface area contributed by atoms with Crippen molar-refractivity contribution in [3.63, 3.8) is 0 Å². The maximum atomic E-state index is 10.7. The lowest BCUT2D eigenvalue weighted by Crippen LogP contribution is -1.91. The van der Waals surface area contributed by atoms with Crippen LogP contribution in [0.5, 0.6) is 0 Å². The predicted molar refractivity (Wildman–Crippen MR) is 59.6 cm³/mol. The van der Waals surface area contributed by atoms with Gasteiger partial charge in [0.15, 0.2) is 6.29 Å². The smallest absolute Gasteiger partial charge is 0.151 e. The van der Waals surface area contributed by atoms with Crippen molar-refractivity contribution in [2.24, 2.45) is 0 Å². The van der Waals surface area contributed by atoms with E-state index in [-0.39, 0.29) is 0 Å². The molecular formula is C11H8BrNO. The normalized spacial score (nSPS) is 10.4. The summed E-state index contributed by atoms with van der Waals surface area (Å²) in [6.45, 7) is 1.84. The number of rotatable bonds is 1. The highest BCUT2D eigenvalue weighted by atomic mass is 79.9. The van der Waals surface area contributed by atoms with E-state index in [1.54, 1.807) is 0 Å². The van der Waals surface area contributed by atoms with Crippen LogP contribution < -0.4 is 0 Å². The number of fused-ring (bicyclic) bond motifs is 1. The molecule has 1 heterocycles. The minimum Gasteiger partial charge on any atom is -0.298 e. The van der Waals surface area contributed by atoms with Gasteiger partial charge < -0.3 is 0 Å². The molecule has 0 unspecified atom stereocenters. The molecule has 2 aromatic rings. The van der Waals surface area contributed by atoms with Crippen LogP contribution in [0, 0.1) is 6.92 Å². The zero-order chi connectivity index (χ0) is 10.1. The standard InChI is InChI=1S/C11H8BrNO/c1-7-9(6-14)4-8-5-10(12)2-3-11(8)13-7/h2-6H,1H3. The van der Waals surface area contributed by atoms with Gasteiger partial charge >= 0.3 is 0 Å². The molecule has 0 atom stereocenters. The van der Waals surface area contributed by atoms with Gasteiger partial charge in [-0.1, -0.05) is 15.9 Å². The molecule has 0 spiro atoms. The largest absolute Gasteiger partial charge is 0.298 e. The highest BCUT2D eigenvalue weighted by Crippen LogP contribution is 2.20. The quantitative estimate of drug-likeness (QED) is 0.728. The van der Waals surface area contributed by atoms with E-state index in [2.05, 4.69) is 20.9 Å². The van der Waals surface area contributed by atoms with Crippen LogP contribution in [0.2, 0.25) is 0 Å². The molecule has 1 aromatic carbocycles. The maximum Gasteiger partial charge on any atom is 0.151 e. The number of hydrogen-bond acceptors (Lipinski definition) is 2.